The summed E-state index contributed by atoms with van der Waals surface area (Å²) in [6, 6.07) is 8.62. The molecule has 1 atom stereocenters. The fraction of sp³-hybridized carbons (Fsp3) is 0.143. The highest BCUT2D eigenvalue weighted by molar-refractivity contribution is 6.30. The average molecular weight is 283 g/mol. The number of rotatable bonds is 3. The van der Waals surface area contributed by atoms with Gasteiger partial charge in [-0.25, -0.2) is 14.2 Å². The van der Waals surface area contributed by atoms with Gasteiger partial charge < -0.3 is 0 Å². The molecule has 0 aliphatic heterocycles. The van der Waals surface area contributed by atoms with E-state index >= 15 is 0 Å². The minimum absolute atomic E-state index is 0.424. The number of hydrazine groups is 1. The van der Waals surface area contributed by atoms with Crippen LogP contribution in [0.3, 0.4) is 0 Å². The monoisotopic (exact) mass is 282 g/mol. The Morgan fingerprint density at radius 1 is 1.11 bits per heavy atom. The lowest BCUT2D eigenvalue weighted by Gasteiger charge is -2.19. The van der Waals surface area contributed by atoms with Crippen LogP contribution in [-0.4, -0.2) is 0 Å². The number of aryl methyl sites for hydroxylation is 1. The van der Waals surface area contributed by atoms with Crippen LogP contribution in [0, 0.1) is 18.6 Å². The van der Waals surface area contributed by atoms with Crippen LogP contribution in [0.5, 0.6) is 0 Å². The Kier molecular flexibility index (Phi) is 4.14. The third-order valence-electron chi connectivity index (χ3n) is 2.99. The Hall–Kier alpha value is -1.49. The molecule has 0 aliphatic rings. The van der Waals surface area contributed by atoms with E-state index in [-0.39, 0.29) is 0 Å². The van der Waals surface area contributed by atoms with Crippen molar-refractivity contribution in [2.75, 3.05) is 0 Å². The molecule has 0 radical (unpaired) electrons. The Balaban J connectivity index is 2.46. The number of hydrogen-bond donors (Lipinski definition) is 2. The van der Waals surface area contributed by atoms with Gasteiger partial charge in [0, 0.05) is 5.02 Å². The molecule has 2 nitrogen and oxygen atoms in total. The minimum atomic E-state index is -0.899. The van der Waals surface area contributed by atoms with Gasteiger partial charge in [0.15, 0.2) is 11.6 Å². The predicted octanol–water partition coefficient (Wildman–Crippen LogP) is 3.48. The molecule has 2 aromatic rings. The largest absolute Gasteiger partial charge is 0.271 e. The summed E-state index contributed by atoms with van der Waals surface area (Å²) in [6.07, 6.45) is 0. The van der Waals surface area contributed by atoms with E-state index in [2.05, 4.69) is 5.43 Å². The first-order chi connectivity index (χ1) is 9.02. The van der Waals surface area contributed by atoms with E-state index in [0.717, 1.165) is 23.3 Å². The lowest BCUT2D eigenvalue weighted by molar-refractivity contribution is 0.504. The van der Waals surface area contributed by atoms with E-state index in [1.54, 1.807) is 12.1 Å². The Morgan fingerprint density at radius 3 is 2.42 bits per heavy atom. The summed E-state index contributed by atoms with van der Waals surface area (Å²) in [4.78, 5) is 0. The predicted molar refractivity (Wildman–Crippen MR) is 71.7 cm³/mol. The molecule has 3 N–H and O–H groups in total. The van der Waals surface area contributed by atoms with Crippen LogP contribution in [0.4, 0.5) is 8.78 Å². The standard InChI is InChI=1S/C14H13ClF2N2/c1-8-6-10(15)3-4-11(8)14(19-18)9-2-5-12(16)13(17)7-9/h2-7,14,19H,18H2,1H3. The first-order valence-electron chi connectivity index (χ1n) is 5.70. The average Bonchev–Trinajstić information content (AvgIpc) is 2.37. The fourth-order valence-corrected chi connectivity index (χ4v) is 2.25. The number of hydrogen-bond acceptors (Lipinski definition) is 2. The van der Waals surface area contributed by atoms with E-state index in [1.165, 1.54) is 6.07 Å². The first kappa shape index (κ1) is 13.9. The molecule has 5 heteroatoms. The van der Waals surface area contributed by atoms with Crippen LogP contribution in [0.15, 0.2) is 36.4 Å². The first-order valence-corrected chi connectivity index (χ1v) is 6.08. The van der Waals surface area contributed by atoms with Crippen molar-refractivity contribution < 1.29 is 8.78 Å². The summed E-state index contributed by atoms with van der Waals surface area (Å²) in [6.45, 7) is 1.88. The molecule has 0 aromatic heterocycles. The van der Waals surface area contributed by atoms with E-state index < -0.39 is 17.7 Å². The van der Waals surface area contributed by atoms with Crippen LogP contribution in [0.2, 0.25) is 5.02 Å². The van der Waals surface area contributed by atoms with Gasteiger partial charge in [0.2, 0.25) is 0 Å². The zero-order valence-electron chi connectivity index (χ0n) is 10.3. The number of halogens is 3. The molecule has 1 unspecified atom stereocenters. The summed E-state index contributed by atoms with van der Waals surface area (Å²) in [7, 11) is 0. The highest BCUT2D eigenvalue weighted by atomic mass is 35.5. The van der Waals surface area contributed by atoms with Gasteiger partial charge in [0.25, 0.3) is 0 Å². The number of nitrogens with two attached hydrogens (primary N) is 1. The SMILES string of the molecule is Cc1cc(Cl)ccc1C(NN)c1ccc(F)c(F)c1. The summed E-state index contributed by atoms with van der Waals surface area (Å²) in [5, 5.41) is 0.613. The van der Waals surface area contributed by atoms with Crippen molar-refractivity contribution in [2.24, 2.45) is 5.84 Å². The molecule has 0 saturated carbocycles. The Labute approximate surface area is 115 Å². The molecule has 2 rings (SSSR count). The van der Waals surface area contributed by atoms with Gasteiger partial charge in [0.1, 0.15) is 0 Å². The van der Waals surface area contributed by atoms with E-state index in [9.17, 15) is 8.78 Å². The molecule has 0 bridgehead atoms. The molecule has 0 saturated heterocycles. The maximum atomic E-state index is 13.3. The highest BCUT2D eigenvalue weighted by Gasteiger charge is 2.16. The van der Waals surface area contributed by atoms with E-state index in [4.69, 9.17) is 17.4 Å². The molecule has 0 aliphatic carbocycles. The molecular formula is C14H13ClF2N2. The van der Waals surface area contributed by atoms with Crippen molar-refractivity contribution in [3.05, 3.63) is 69.7 Å². The van der Waals surface area contributed by atoms with Crippen LogP contribution in [0.1, 0.15) is 22.7 Å². The van der Waals surface area contributed by atoms with Crippen molar-refractivity contribution in [2.45, 2.75) is 13.0 Å². The maximum absolute atomic E-state index is 13.3. The third-order valence-corrected chi connectivity index (χ3v) is 3.22. The van der Waals surface area contributed by atoms with Crippen molar-refractivity contribution in [3.8, 4) is 0 Å². The van der Waals surface area contributed by atoms with Crippen LogP contribution < -0.4 is 11.3 Å². The van der Waals surface area contributed by atoms with Gasteiger partial charge in [0.05, 0.1) is 6.04 Å². The quantitative estimate of drug-likeness (QED) is 0.668. The van der Waals surface area contributed by atoms with Crippen LogP contribution in [-0.2, 0) is 0 Å². The van der Waals surface area contributed by atoms with E-state index in [1.807, 2.05) is 13.0 Å². The Morgan fingerprint density at radius 2 is 1.84 bits per heavy atom. The summed E-state index contributed by atoms with van der Waals surface area (Å²) in [5.74, 6) is 3.75. The maximum Gasteiger partial charge on any atom is 0.159 e. The zero-order chi connectivity index (χ0) is 14.0. The summed E-state index contributed by atoms with van der Waals surface area (Å²) in [5.41, 5.74) is 4.93. The van der Waals surface area contributed by atoms with Crippen molar-refractivity contribution in [3.63, 3.8) is 0 Å². The lowest BCUT2D eigenvalue weighted by Crippen LogP contribution is -2.29. The van der Waals surface area contributed by atoms with Gasteiger partial charge in [-0.1, -0.05) is 23.7 Å². The van der Waals surface area contributed by atoms with Crippen LogP contribution >= 0.6 is 11.6 Å². The van der Waals surface area contributed by atoms with Gasteiger partial charge in [-0.15, -0.1) is 0 Å². The molecule has 100 valence electrons. The van der Waals surface area contributed by atoms with Gasteiger partial charge in [-0.2, -0.15) is 0 Å². The Bertz CT molecular complexity index is 602. The zero-order valence-corrected chi connectivity index (χ0v) is 11.0. The second kappa shape index (κ2) is 5.65. The molecule has 19 heavy (non-hydrogen) atoms. The topological polar surface area (TPSA) is 38.0 Å². The summed E-state index contributed by atoms with van der Waals surface area (Å²) < 4.78 is 26.2. The molecular weight excluding hydrogens is 270 g/mol. The number of nitrogens with one attached hydrogen (secondary N) is 1. The van der Waals surface area contributed by atoms with Crippen LogP contribution in [0.25, 0.3) is 0 Å². The second-order valence-corrected chi connectivity index (χ2v) is 4.71. The van der Waals surface area contributed by atoms with Crippen molar-refractivity contribution in [1.82, 2.24) is 5.43 Å². The normalized spacial score (nSPS) is 12.5. The molecule has 0 fully saturated rings. The smallest absolute Gasteiger partial charge is 0.159 e. The molecule has 0 heterocycles. The van der Waals surface area contributed by atoms with Crippen molar-refractivity contribution >= 4 is 11.6 Å². The van der Waals surface area contributed by atoms with Crippen molar-refractivity contribution in [1.29, 1.82) is 0 Å². The molecule has 0 spiro atoms. The minimum Gasteiger partial charge on any atom is -0.271 e. The summed E-state index contributed by atoms with van der Waals surface area (Å²) >= 11 is 5.90. The lowest BCUT2D eigenvalue weighted by atomic mass is 9.95. The third kappa shape index (κ3) is 2.92. The molecule has 2 aromatic carbocycles. The van der Waals surface area contributed by atoms with Gasteiger partial charge >= 0.3 is 0 Å². The van der Waals surface area contributed by atoms with Gasteiger partial charge in [-0.05, 0) is 47.9 Å². The number of benzene rings is 2. The van der Waals surface area contributed by atoms with Gasteiger partial charge in [-0.3, -0.25) is 5.84 Å². The highest BCUT2D eigenvalue weighted by Crippen LogP contribution is 2.27. The molecule has 0 amide bonds. The fourth-order valence-electron chi connectivity index (χ4n) is 2.02. The van der Waals surface area contributed by atoms with E-state index in [0.29, 0.717) is 10.6 Å². The second-order valence-electron chi connectivity index (χ2n) is 4.27.